The predicted molar refractivity (Wildman–Crippen MR) is 91.4 cm³/mol. The number of hydrogen-bond donors (Lipinski definition) is 2. The largest absolute Gasteiger partial charge is 0.480 e. The van der Waals surface area contributed by atoms with Crippen molar-refractivity contribution in [1.29, 1.82) is 0 Å². The molecule has 0 spiro atoms. The normalized spacial score (nSPS) is 16.0. The Bertz CT molecular complexity index is 756. The summed E-state index contributed by atoms with van der Waals surface area (Å²) in [6, 6.07) is 16.0. The second-order valence-corrected chi connectivity index (χ2v) is 5.95. The lowest BCUT2D eigenvalue weighted by atomic mass is 10.3. The van der Waals surface area contributed by atoms with Gasteiger partial charge in [-0.2, -0.15) is 5.90 Å². The molecule has 1 aliphatic rings. The van der Waals surface area contributed by atoms with Crippen LogP contribution in [0.2, 0.25) is 0 Å². The van der Waals surface area contributed by atoms with E-state index in [0.717, 1.165) is 17.7 Å². The van der Waals surface area contributed by atoms with Crippen LogP contribution in [0.25, 0.3) is 0 Å². The zero-order chi connectivity index (χ0) is 17.8. The van der Waals surface area contributed by atoms with Gasteiger partial charge in [-0.3, -0.25) is 14.5 Å². The Hall–Kier alpha value is -2.59. The van der Waals surface area contributed by atoms with Crippen molar-refractivity contribution in [3.8, 4) is 0 Å². The summed E-state index contributed by atoms with van der Waals surface area (Å²) in [5, 5.41) is 9.21. The molecule has 0 radical (unpaired) electrons. The first kappa shape index (κ1) is 17.2. The summed E-state index contributed by atoms with van der Waals surface area (Å²) in [5.41, 5.74) is 1.34. The van der Waals surface area contributed by atoms with E-state index in [1.807, 2.05) is 18.2 Å². The van der Waals surface area contributed by atoms with Crippen LogP contribution < -0.4 is 15.7 Å². The lowest BCUT2D eigenvalue weighted by molar-refractivity contribution is -0.195. The molecule has 2 aromatic rings. The van der Waals surface area contributed by atoms with Crippen LogP contribution in [0.5, 0.6) is 0 Å². The highest BCUT2D eigenvalue weighted by Gasteiger charge is 2.51. The van der Waals surface area contributed by atoms with Gasteiger partial charge in [0.15, 0.2) is 6.17 Å². The molecule has 25 heavy (non-hydrogen) atoms. The standard InChI is InChI=1S/C16H15N3O5S/c17-23-24-25-13-8-6-11(7-9-13)18(10-14(20)21)15-16(22)19(15)12-4-2-1-3-5-12/h1-9,15H,10,17H2,(H,20,21). The number of nitrogens with two attached hydrogens (primary N) is 1. The van der Waals surface area contributed by atoms with Crippen molar-refractivity contribution in [1.82, 2.24) is 0 Å². The smallest absolute Gasteiger partial charge is 0.323 e. The number of benzene rings is 2. The molecule has 0 bridgehead atoms. The molecule has 0 aliphatic carbocycles. The topological polar surface area (TPSA) is 105 Å². The molecule has 3 N–H and O–H groups in total. The summed E-state index contributed by atoms with van der Waals surface area (Å²) in [4.78, 5) is 31.3. The highest BCUT2D eigenvalue weighted by atomic mass is 32.2. The average Bonchev–Trinajstić information content (AvgIpc) is 3.29. The van der Waals surface area contributed by atoms with E-state index in [2.05, 4.69) is 9.32 Å². The third-order valence-corrected chi connectivity index (χ3v) is 4.22. The number of aliphatic carboxylic acids is 1. The second kappa shape index (κ2) is 7.53. The third kappa shape index (κ3) is 3.91. The summed E-state index contributed by atoms with van der Waals surface area (Å²) >= 11 is 0.917. The van der Waals surface area contributed by atoms with E-state index in [-0.39, 0.29) is 12.5 Å². The van der Waals surface area contributed by atoms with Crippen LogP contribution in [0.4, 0.5) is 11.4 Å². The van der Waals surface area contributed by atoms with E-state index < -0.39 is 12.1 Å². The maximum absolute atomic E-state index is 12.3. The molecule has 0 aromatic heterocycles. The number of carboxylic acid groups (broad SMARTS) is 1. The predicted octanol–water partition coefficient (Wildman–Crippen LogP) is 1.78. The van der Waals surface area contributed by atoms with E-state index in [9.17, 15) is 14.7 Å². The average molecular weight is 361 g/mol. The van der Waals surface area contributed by atoms with Crippen molar-refractivity contribution in [3.05, 3.63) is 54.6 Å². The van der Waals surface area contributed by atoms with Crippen LogP contribution in [0.1, 0.15) is 0 Å². The minimum Gasteiger partial charge on any atom is -0.480 e. The van der Waals surface area contributed by atoms with Crippen LogP contribution in [0.3, 0.4) is 0 Å². The third-order valence-electron chi connectivity index (χ3n) is 3.61. The number of hydrogen-bond acceptors (Lipinski definition) is 7. The molecule has 3 rings (SSSR count). The van der Waals surface area contributed by atoms with E-state index >= 15 is 0 Å². The van der Waals surface area contributed by atoms with E-state index in [1.165, 1.54) is 4.90 Å². The molecule has 0 saturated carbocycles. The number of anilines is 2. The van der Waals surface area contributed by atoms with Crippen molar-refractivity contribution in [2.75, 3.05) is 16.3 Å². The van der Waals surface area contributed by atoms with Gasteiger partial charge in [0.05, 0.1) is 12.0 Å². The minimum absolute atomic E-state index is 0.147. The van der Waals surface area contributed by atoms with Gasteiger partial charge in [0.25, 0.3) is 5.91 Å². The molecule has 8 nitrogen and oxygen atoms in total. The fraction of sp³-hybridized carbons (Fsp3) is 0.125. The Morgan fingerprint density at radius 2 is 1.88 bits per heavy atom. The molecule has 1 amide bonds. The van der Waals surface area contributed by atoms with E-state index in [0.29, 0.717) is 10.6 Å². The number of nitrogens with zero attached hydrogens (tertiary/aromatic N) is 2. The SMILES string of the molecule is NOOSc1ccc(N(CC(=O)O)C2C(=O)N2c2ccccc2)cc1. The second-order valence-electron chi connectivity index (χ2n) is 5.18. The van der Waals surface area contributed by atoms with Gasteiger partial charge in [0, 0.05) is 16.3 Å². The quantitative estimate of drug-likeness (QED) is 0.317. The van der Waals surface area contributed by atoms with Gasteiger partial charge in [-0.1, -0.05) is 18.2 Å². The molecule has 1 saturated heterocycles. The number of amides is 1. The van der Waals surface area contributed by atoms with Crippen molar-refractivity contribution in [2.24, 2.45) is 5.90 Å². The minimum atomic E-state index is -1.02. The number of rotatable bonds is 8. The van der Waals surface area contributed by atoms with E-state index in [1.54, 1.807) is 41.3 Å². The van der Waals surface area contributed by atoms with Gasteiger partial charge in [-0.15, -0.1) is 9.32 Å². The lowest BCUT2D eigenvalue weighted by Gasteiger charge is -2.21. The number of para-hydroxylation sites is 1. The molecule has 2 aromatic carbocycles. The molecule has 1 fully saturated rings. The maximum atomic E-state index is 12.3. The summed E-state index contributed by atoms with van der Waals surface area (Å²) in [6.07, 6.45) is -0.638. The fourth-order valence-corrected chi connectivity index (χ4v) is 2.88. The monoisotopic (exact) mass is 361 g/mol. The highest BCUT2D eigenvalue weighted by Crippen LogP contribution is 2.35. The van der Waals surface area contributed by atoms with E-state index in [4.69, 9.17) is 5.90 Å². The highest BCUT2D eigenvalue weighted by molar-refractivity contribution is 7.94. The Morgan fingerprint density at radius 3 is 2.48 bits per heavy atom. The Kier molecular flexibility index (Phi) is 5.19. The molecule has 1 aliphatic heterocycles. The van der Waals surface area contributed by atoms with Crippen LogP contribution in [-0.2, 0) is 18.9 Å². The van der Waals surface area contributed by atoms with Crippen LogP contribution in [-0.4, -0.2) is 29.7 Å². The van der Waals surface area contributed by atoms with Crippen LogP contribution in [0.15, 0.2) is 59.5 Å². The Labute approximate surface area is 147 Å². The fourth-order valence-electron chi connectivity index (χ4n) is 2.51. The molecule has 1 atom stereocenters. The summed E-state index contributed by atoms with van der Waals surface area (Å²) < 4.78 is 4.56. The van der Waals surface area contributed by atoms with Crippen LogP contribution >= 0.6 is 12.0 Å². The summed E-state index contributed by atoms with van der Waals surface area (Å²) in [6.45, 7) is -0.297. The summed E-state index contributed by atoms with van der Waals surface area (Å²) in [7, 11) is 0. The van der Waals surface area contributed by atoms with Gasteiger partial charge < -0.3 is 10.0 Å². The molecule has 130 valence electrons. The van der Waals surface area contributed by atoms with Crippen molar-refractivity contribution in [3.63, 3.8) is 0 Å². The first-order valence-electron chi connectivity index (χ1n) is 7.28. The zero-order valence-electron chi connectivity index (χ0n) is 12.9. The maximum Gasteiger partial charge on any atom is 0.323 e. The number of carbonyl (C=O) groups excluding carboxylic acids is 1. The molecular formula is C16H15N3O5S. The van der Waals surface area contributed by atoms with Gasteiger partial charge in [0.1, 0.15) is 6.54 Å². The zero-order valence-corrected chi connectivity index (χ0v) is 13.8. The lowest BCUT2D eigenvalue weighted by Crippen LogP contribution is -2.35. The molecule has 9 heteroatoms. The van der Waals surface area contributed by atoms with Crippen molar-refractivity contribution < 1.29 is 24.0 Å². The molecule has 1 heterocycles. The van der Waals surface area contributed by atoms with Crippen molar-refractivity contribution in [2.45, 2.75) is 11.1 Å². The first-order chi connectivity index (χ1) is 12.1. The Morgan fingerprint density at radius 1 is 1.20 bits per heavy atom. The number of carboxylic acids is 1. The van der Waals surface area contributed by atoms with Crippen LogP contribution in [0, 0.1) is 0 Å². The molecule has 1 unspecified atom stereocenters. The molecular weight excluding hydrogens is 346 g/mol. The van der Waals surface area contributed by atoms with Gasteiger partial charge in [-0.25, -0.2) is 0 Å². The van der Waals surface area contributed by atoms with Gasteiger partial charge in [0.2, 0.25) is 0 Å². The summed E-state index contributed by atoms with van der Waals surface area (Å²) in [5.74, 6) is 3.61. The van der Waals surface area contributed by atoms with Gasteiger partial charge in [-0.05, 0) is 36.4 Å². The first-order valence-corrected chi connectivity index (χ1v) is 8.02. The Balaban J connectivity index is 1.81. The van der Waals surface area contributed by atoms with Crippen molar-refractivity contribution >= 4 is 35.3 Å². The van der Waals surface area contributed by atoms with Gasteiger partial charge >= 0.3 is 5.97 Å². The number of carbonyl (C=O) groups is 2.